The first-order valence-corrected chi connectivity index (χ1v) is 18.4. The number of nitrogens with zero attached hydrogens (tertiary/aromatic N) is 1. The van der Waals surface area contributed by atoms with Crippen molar-refractivity contribution in [2.24, 2.45) is 0 Å². The Balaban J connectivity index is 1.24. The summed E-state index contributed by atoms with van der Waals surface area (Å²) in [6.07, 6.45) is 0. The molecule has 0 fully saturated rings. The van der Waals surface area contributed by atoms with Crippen LogP contribution in [0.2, 0.25) is 0 Å². The van der Waals surface area contributed by atoms with Gasteiger partial charge in [-0.05, 0) is 92.2 Å². The largest absolute Gasteiger partial charge is 0.456 e. The predicted molar refractivity (Wildman–Crippen MR) is 228 cm³/mol. The number of anilines is 3. The molecule has 0 aliphatic heterocycles. The number of hydrogen-bond acceptors (Lipinski definition) is 2. The van der Waals surface area contributed by atoms with Gasteiger partial charge in [0.15, 0.2) is 0 Å². The van der Waals surface area contributed by atoms with Crippen molar-refractivity contribution in [2.45, 2.75) is 0 Å². The van der Waals surface area contributed by atoms with Crippen LogP contribution in [0.3, 0.4) is 0 Å². The van der Waals surface area contributed by atoms with Crippen molar-refractivity contribution in [3.63, 3.8) is 0 Å². The van der Waals surface area contributed by atoms with Crippen LogP contribution in [0.4, 0.5) is 17.1 Å². The van der Waals surface area contributed by atoms with Crippen LogP contribution in [-0.2, 0) is 0 Å². The number of para-hydroxylation sites is 1. The highest BCUT2D eigenvalue weighted by Crippen LogP contribution is 2.49. The highest BCUT2D eigenvalue weighted by Gasteiger charge is 2.23. The van der Waals surface area contributed by atoms with Crippen LogP contribution >= 0.6 is 0 Å². The summed E-state index contributed by atoms with van der Waals surface area (Å²) < 4.78 is 6.31. The van der Waals surface area contributed by atoms with E-state index in [-0.39, 0.29) is 0 Å². The van der Waals surface area contributed by atoms with Crippen LogP contribution in [0.25, 0.3) is 77.2 Å². The first-order chi connectivity index (χ1) is 26.8. The lowest BCUT2D eigenvalue weighted by molar-refractivity contribution is 0.669. The zero-order chi connectivity index (χ0) is 35.8. The van der Waals surface area contributed by atoms with E-state index in [1.807, 2.05) is 12.1 Å². The van der Waals surface area contributed by atoms with Crippen molar-refractivity contribution in [3.05, 3.63) is 212 Å². The monoisotopic (exact) mass is 689 g/mol. The van der Waals surface area contributed by atoms with E-state index in [1.54, 1.807) is 0 Å². The molecule has 0 aliphatic carbocycles. The average molecular weight is 690 g/mol. The van der Waals surface area contributed by atoms with Crippen LogP contribution in [0.1, 0.15) is 0 Å². The first-order valence-electron chi connectivity index (χ1n) is 18.4. The van der Waals surface area contributed by atoms with E-state index in [2.05, 4.69) is 205 Å². The minimum absolute atomic E-state index is 0.874. The standard InChI is InChI=1S/C52H35NO/c1-3-15-36(16-4-1)44-22-9-10-24-47(44)52-45(38-17-5-2-6-18-38)26-14-27-49(52)53(41-33-34-51-48(35-41)46-23-11-12-28-50(46)54-51)40-31-29-39(30-32-40)43-25-13-20-37-19-7-8-21-42(37)43/h1-35H. The molecule has 10 aromatic rings. The highest BCUT2D eigenvalue weighted by molar-refractivity contribution is 6.08. The third kappa shape index (κ3) is 5.53. The zero-order valence-corrected chi connectivity index (χ0v) is 29.6. The van der Waals surface area contributed by atoms with Gasteiger partial charge < -0.3 is 9.32 Å². The molecule has 0 saturated carbocycles. The number of benzene rings is 9. The van der Waals surface area contributed by atoms with Gasteiger partial charge in [-0.1, -0.05) is 170 Å². The van der Waals surface area contributed by atoms with Gasteiger partial charge in [-0.3, -0.25) is 0 Å². The second-order valence-corrected chi connectivity index (χ2v) is 13.7. The van der Waals surface area contributed by atoms with E-state index in [0.717, 1.165) is 39.0 Å². The fraction of sp³-hybridized carbons (Fsp3) is 0. The van der Waals surface area contributed by atoms with Crippen molar-refractivity contribution in [1.29, 1.82) is 0 Å². The SMILES string of the molecule is c1ccc(-c2ccccc2-c2c(-c3ccccc3)cccc2N(c2ccc(-c3cccc4ccccc34)cc2)c2ccc3oc4ccccc4c3c2)cc1. The van der Waals surface area contributed by atoms with Gasteiger partial charge in [0.05, 0.1) is 5.69 Å². The van der Waals surface area contributed by atoms with E-state index < -0.39 is 0 Å². The molecule has 0 N–H and O–H groups in total. The van der Waals surface area contributed by atoms with Gasteiger partial charge in [0.2, 0.25) is 0 Å². The minimum Gasteiger partial charge on any atom is -0.456 e. The summed E-state index contributed by atoms with van der Waals surface area (Å²) in [4.78, 5) is 2.41. The maximum absolute atomic E-state index is 6.31. The number of rotatable bonds is 7. The molecule has 0 unspecified atom stereocenters. The number of fused-ring (bicyclic) bond motifs is 4. The summed E-state index contributed by atoms with van der Waals surface area (Å²) in [6, 6.07) is 76.0. The highest BCUT2D eigenvalue weighted by atomic mass is 16.3. The smallest absolute Gasteiger partial charge is 0.135 e. The van der Waals surface area contributed by atoms with Crippen LogP contribution < -0.4 is 4.90 Å². The Morgan fingerprint density at radius 1 is 0.315 bits per heavy atom. The molecule has 54 heavy (non-hydrogen) atoms. The Morgan fingerprint density at radius 2 is 0.852 bits per heavy atom. The summed E-state index contributed by atoms with van der Waals surface area (Å²) in [5.74, 6) is 0. The minimum atomic E-state index is 0.874. The molecule has 10 rings (SSSR count). The van der Waals surface area contributed by atoms with Gasteiger partial charge in [-0.2, -0.15) is 0 Å². The maximum Gasteiger partial charge on any atom is 0.135 e. The van der Waals surface area contributed by atoms with Crippen molar-refractivity contribution in [2.75, 3.05) is 4.90 Å². The Morgan fingerprint density at radius 3 is 1.65 bits per heavy atom. The summed E-state index contributed by atoms with van der Waals surface area (Å²) in [6.45, 7) is 0. The van der Waals surface area contributed by atoms with Crippen LogP contribution in [0, 0.1) is 0 Å². The zero-order valence-electron chi connectivity index (χ0n) is 29.6. The molecule has 0 aliphatic rings. The molecule has 1 heterocycles. The molecule has 0 saturated heterocycles. The van der Waals surface area contributed by atoms with Crippen LogP contribution in [0.5, 0.6) is 0 Å². The second-order valence-electron chi connectivity index (χ2n) is 13.7. The third-order valence-corrected chi connectivity index (χ3v) is 10.5. The van der Waals surface area contributed by atoms with Gasteiger partial charge in [0.1, 0.15) is 11.2 Å². The van der Waals surface area contributed by atoms with Crippen LogP contribution in [-0.4, -0.2) is 0 Å². The van der Waals surface area contributed by atoms with Gasteiger partial charge in [-0.15, -0.1) is 0 Å². The van der Waals surface area contributed by atoms with Crippen molar-refractivity contribution in [1.82, 2.24) is 0 Å². The molecular formula is C52H35NO. The molecule has 0 radical (unpaired) electrons. The van der Waals surface area contributed by atoms with E-state index in [9.17, 15) is 0 Å². The Bertz CT molecular complexity index is 2920. The molecule has 0 bridgehead atoms. The molecule has 2 heteroatoms. The molecule has 1 aromatic heterocycles. The summed E-state index contributed by atoms with van der Waals surface area (Å²) in [5.41, 5.74) is 14.4. The van der Waals surface area contributed by atoms with Crippen molar-refractivity contribution >= 4 is 49.8 Å². The fourth-order valence-corrected chi connectivity index (χ4v) is 7.99. The second kappa shape index (κ2) is 13.4. The number of hydrogen-bond donors (Lipinski definition) is 0. The Labute approximate surface area is 314 Å². The third-order valence-electron chi connectivity index (χ3n) is 10.5. The van der Waals surface area contributed by atoms with Gasteiger partial charge in [0.25, 0.3) is 0 Å². The van der Waals surface area contributed by atoms with E-state index >= 15 is 0 Å². The first kappa shape index (κ1) is 31.6. The lowest BCUT2D eigenvalue weighted by atomic mass is 9.87. The molecular weight excluding hydrogens is 655 g/mol. The molecule has 254 valence electrons. The van der Waals surface area contributed by atoms with Crippen molar-refractivity contribution in [3.8, 4) is 44.5 Å². The average Bonchev–Trinajstić information content (AvgIpc) is 3.62. The molecule has 0 amide bonds. The lowest BCUT2D eigenvalue weighted by Gasteiger charge is -2.30. The quantitative estimate of drug-likeness (QED) is 0.166. The Kier molecular flexibility index (Phi) is 7.85. The van der Waals surface area contributed by atoms with E-state index in [4.69, 9.17) is 4.42 Å². The molecule has 2 nitrogen and oxygen atoms in total. The fourth-order valence-electron chi connectivity index (χ4n) is 7.99. The summed E-state index contributed by atoms with van der Waals surface area (Å²) in [7, 11) is 0. The van der Waals surface area contributed by atoms with E-state index in [1.165, 1.54) is 55.3 Å². The number of furan rings is 1. The van der Waals surface area contributed by atoms with E-state index in [0.29, 0.717) is 0 Å². The molecule has 0 spiro atoms. The van der Waals surface area contributed by atoms with Crippen LogP contribution in [0.15, 0.2) is 217 Å². The Hall–Kier alpha value is -7.16. The van der Waals surface area contributed by atoms with Gasteiger partial charge in [-0.25, -0.2) is 0 Å². The predicted octanol–water partition coefficient (Wildman–Crippen LogP) is 14.9. The van der Waals surface area contributed by atoms with Gasteiger partial charge in [0, 0.05) is 27.7 Å². The topological polar surface area (TPSA) is 16.4 Å². The molecule has 9 aromatic carbocycles. The summed E-state index contributed by atoms with van der Waals surface area (Å²) in [5, 5.41) is 4.68. The maximum atomic E-state index is 6.31. The molecule has 0 atom stereocenters. The normalized spacial score (nSPS) is 11.3. The lowest BCUT2D eigenvalue weighted by Crippen LogP contribution is -2.12. The van der Waals surface area contributed by atoms with Crippen molar-refractivity contribution < 1.29 is 4.42 Å². The summed E-state index contributed by atoms with van der Waals surface area (Å²) >= 11 is 0. The van der Waals surface area contributed by atoms with Gasteiger partial charge >= 0.3 is 0 Å².